The van der Waals surface area contributed by atoms with E-state index in [0.29, 0.717) is 22.4 Å². The Morgan fingerprint density at radius 3 is 2.59 bits per heavy atom. The molecule has 0 aliphatic rings. The van der Waals surface area contributed by atoms with Crippen molar-refractivity contribution in [2.75, 3.05) is 17.2 Å². The maximum atomic E-state index is 12.5. The normalized spacial score (nSPS) is 10.6. The van der Waals surface area contributed by atoms with E-state index in [2.05, 4.69) is 32.7 Å². The van der Waals surface area contributed by atoms with Gasteiger partial charge < -0.3 is 16.4 Å². The molecule has 0 unspecified atom stereocenters. The summed E-state index contributed by atoms with van der Waals surface area (Å²) in [6.45, 7) is 4.63. The first kappa shape index (κ1) is 18.6. The van der Waals surface area contributed by atoms with Gasteiger partial charge in [0.25, 0.3) is 11.8 Å². The first-order chi connectivity index (χ1) is 13.0. The SMILES string of the molecule is CCNc1nc(C(N)=O)c(NC(=O)c2cc(-c3ccc(CC)cc3)n[nH]2)s1. The third-order valence-electron chi connectivity index (χ3n) is 3.90. The van der Waals surface area contributed by atoms with Crippen molar-refractivity contribution in [2.24, 2.45) is 5.73 Å². The Kier molecular flexibility index (Phi) is 5.51. The molecule has 0 atom stereocenters. The van der Waals surface area contributed by atoms with E-state index in [4.69, 9.17) is 5.73 Å². The third kappa shape index (κ3) is 4.14. The summed E-state index contributed by atoms with van der Waals surface area (Å²) in [5.74, 6) is -1.12. The third-order valence-corrected chi connectivity index (χ3v) is 4.82. The predicted molar refractivity (Wildman–Crippen MR) is 106 cm³/mol. The highest BCUT2D eigenvalue weighted by Gasteiger charge is 2.19. The number of hydrogen-bond donors (Lipinski definition) is 4. The monoisotopic (exact) mass is 384 g/mol. The number of thiazole rings is 1. The number of carbonyl (C=O) groups excluding carboxylic acids is 2. The zero-order valence-corrected chi connectivity index (χ0v) is 15.8. The van der Waals surface area contributed by atoms with Gasteiger partial charge in [0.05, 0.1) is 5.69 Å². The average molecular weight is 384 g/mol. The van der Waals surface area contributed by atoms with Crippen molar-refractivity contribution < 1.29 is 9.59 Å². The van der Waals surface area contributed by atoms with Crippen LogP contribution in [0.15, 0.2) is 30.3 Å². The lowest BCUT2D eigenvalue weighted by molar-refractivity contribution is 0.0997. The smallest absolute Gasteiger partial charge is 0.274 e. The number of benzene rings is 1. The van der Waals surface area contributed by atoms with Crippen molar-refractivity contribution in [3.05, 3.63) is 47.3 Å². The van der Waals surface area contributed by atoms with Gasteiger partial charge in [-0.1, -0.05) is 42.5 Å². The van der Waals surface area contributed by atoms with Gasteiger partial charge in [0.2, 0.25) is 0 Å². The number of hydrogen-bond acceptors (Lipinski definition) is 6. The number of aromatic nitrogens is 3. The lowest BCUT2D eigenvalue weighted by Crippen LogP contribution is -2.17. The van der Waals surface area contributed by atoms with Crippen molar-refractivity contribution in [3.8, 4) is 11.3 Å². The van der Waals surface area contributed by atoms with Gasteiger partial charge in [0, 0.05) is 12.1 Å². The maximum Gasteiger partial charge on any atom is 0.274 e. The number of anilines is 2. The Balaban J connectivity index is 1.79. The number of nitrogens with zero attached hydrogens (tertiary/aromatic N) is 2. The van der Waals surface area contributed by atoms with E-state index in [1.165, 1.54) is 5.56 Å². The van der Waals surface area contributed by atoms with Gasteiger partial charge in [-0.25, -0.2) is 4.98 Å². The van der Waals surface area contributed by atoms with Gasteiger partial charge >= 0.3 is 0 Å². The van der Waals surface area contributed by atoms with Gasteiger partial charge in [0.1, 0.15) is 10.7 Å². The van der Waals surface area contributed by atoms with E-state index >= 15 is 0 Å². The van der Waals surface area contributed by atoms with Crippen LogP contribution in [0.3, 0.4) is 0 Å². The van der Waals surface area contributed by atoms with Crippen LogP contribution in [0.5, 0.6) is 0 Å². The summed E-state index contributed by atoms with van der Waals surface area (Å²) in [5, 5.41) is 13.4. The molecule has 0 spiro atoms. The number of H-pyrrole nitrogens is 1. The lowest BCUT2D eigenvalue weighted by Gasteiger charge is -2.01. The minimum absolute atomic E-state index is 0.0270. The van der Waals surface area contributed by atoms with Crippen LogP contribution in [-0.2, 0) is 6.42 Å². The van der Waals surface area contributed by atoms with Gasteiger partial charge in [-0.15, -0.1) is 0 Å². The fourth-order valence-corrected chi connectivity index (χ4v) is 3.40. The van der Waals surface area contributed by atoms with E-state index in [1.807, 2.05) is 31.2 Å². The number of carbonyl (C=O) groups is 2. The van der Waals surface area contributed by atoms with Crippen LogP contribution in [0.25, 0.3) is 11.3 Å². The summed E-state index contributed by atoms with van der Waals surface area (Å²) in [6, 6.07) is 9.65. The minimum atomic E-state index is -0.702. The molecule has 3 aromatic rings. The number of nitrogens with one attached hydrogen (secondary N) is 3. The molecular weight excluding hydrogens is 364 g/mol. The Morgan fingerprint density at radius 1 is 1.22 bits per heavy atom. The van der Waals surface area contributed by atoms with Crippen LogP contribution in [-0.4, -0.2) is 33.5 Å². The van der Waals surface area contributed by atoms with E-state index in [9.17, 15) is 9.59 Å². The minimum Gasteiger partial charge on any atom is -0.364 e. The Bertz CT molecular complexity index is 961. The number of aryl methyl sites for hydroxylation is 1. The summed E-state index contributed by atoms with van der Waals surface area (Å²) in [5.41, 5.74) is 8.45. The average Bonchev–Trinajstić information content (AvgIpc) is 3.30. The lowest BCUT2D eigenvalue weighted by atomic mass is 10.1. The molecule has 0 saturated carbocycles. The molecular formula is C18H20N6O2S. The zero-order chi connectivity index (χ0) is 19.4. The van der Waals surface area contributed by atoms with Crippen molar-refractivity contribution in [1.29, 1.82) is 0 Å². The van der Waals surface area contributed by atoms with Crippen LogP contribution in [0.1, 0.15) is 40.4 Å². The van der Waals surface area contributed by atoms with E-state index < -0.39 is 11.8 Å². The molecule has 5 N–H and O–H groups in total. The molecule has 0 radical (unpaired) electrons. The van der Waals surface area contributed by atoms with E-state index in [0.717, 1.165) is 23.3 Å². The van der Waals surface area contributed by atoms with Crippen LogP contribution in [0.4, 0.5) is 10.1 Å². The largest absolute Gasteiger partial charge is 0.364 e. The second kappa shape index (κ2) is 8.00. The molecule has 0 aliphatic carbocycles. The van der Waals surface area contributed by atoms with E-state index in [-0.39, 0.29) is 11.4 Å². The fourth-order valence-electron chi connectivity index (χ4n) is 2.47. The highest BCUT2D eigenvalue weighted by atomic mass is 32.1. The summed E-state index contributed by atoms with van der Waals surface area (Å²) in [6.07, 6.45) is 0.959. The van der Waals surface area contributed by atoms with Crippen molar-refractivity contribution in [1.82, 2.24) is 15.2 Å². The van der Waals surface area contributed by atoms with Gasteiger partial charge in [-0.2, -0.15) is 5.10 Å². The fraction of sp³-hybridized carbons (Fsp3) is 0.222. The van der Waals surface area contributed by atoms with Crippen molar-refractivity contribution in [3.63, 3.8) is 0 Å². The second-order valence-electron chi connectivity index (χ2n) is 5.76. The quantitative estimate of drug-likeness (QED) is 0.498. The van der Waals surface area contributed by atoms with E-state index in [1.54, 1.807) is 6.07 Å². The molecule has 3 rings (SSSR count). The van der Waals surface area contributed by atoms with Crippen LogP contribution in [0, 0.1) is 0 Å². The van der Waals surface area contributed by atoms with Crippen LogP contribution >= 0.6 is 11.3 Å². The van der Waals surface area contributed by atoms with Gasteiger partial charge in [-0.05, 0) is 25.0 Å². The number of rotatable bonds is 7. The molecule has 27 heavy (non-hydrogen) atoms. The van der Waals surface area contributed by atoms with Gasteiger partial charge in [-0.3, -0.25) is 14.7 Å². The zero-order valence-electron chi connectivity index (χ0n) is 15.0. The highest BCUT2D eigenvalue weighted by molar-refractivity contribution is 7.20. The molecule has 1 aromatic carbocycles. The van der Waals surface area contributed by atoms with Crippen molar-refractivity contribution in [2.45, 2.75) is 20.3 Å². The molecule has 0 aliphatic heterocycles. The molecule has 0 bridgehead atoms. The number of amides is 2. The second-order valence-corrected chi connectivity index (χ2v) is 6.76. The summed E-state index contributed by atoms with van der Waals surface area (Å²) >= 11 is 1.15. The standard InChI is InChI=1S/C18H20N6O2S/c1-3-10-5-7-11(8-6-10)12-9-13(24-23-12)16(26)22-17-14(15(19)25)21-18(27-17)20-4-2/h5-9H,3-4H2,1-2H3,(H2,19,25)(H,20,21)(H,22,26)(H,23,24). The van der Waals surface area contributed by atoms with Crippen LogP contribution in [0.2, 0.25) is 0 Å². The molecule has 2 heterocycles. The Hall–Kier alpha value is -3.20. The Labute approximate surface area is 160 Å². The molecule has 0 fully saturated rings. The molecule has 0 saturated heterocycles. The number of primary amides is 1. The highest BCUT2D eigenvalue weighted by Crippen LogP contribution is 2.29. The van der Waals surface area contributed by atoms with Crippen molar-refractivity contribution >= 4 is 33.3 Å². The molecule has 9 heteroatoms. The molecule has 2 aromatic heterocycles. The first-order valence-corrected chi connectivity index (χ1v) is 9.34. The number of aromatic amines is 1. The summed E-state index contributed by atoms with van der Waals surface area (Å²) in [7, 11) is 0. The van der Waals surface area contributed by atoms with Crippen LogP contribution < -0.4 is 16.4 Å². The molecule has 140 valence electrons. The number of nitrogens with two attached hydrogens (primary N) is 1. The topological polar surface area (TPSA) is 126 Å². The van der Waals surface area contributed by atoms with Gasteiger partial charge in [0.15, 0.2) is 10.8 Å². The molecule has 2 amide bonds. The maximum absolute atomic E-state index is 12.5. The first-order valence-electron chi connectivity index (χ1n) is 8.52. The predicted octanol–water partition coefficient (Wildman–Crippen LogP) is 2.88. The summed E-state index contributed by atoms with van der Waals surface area (Å²) < 4.78 is 0. The summed E-state index contributed by atoms with van der Waals surface area (Å²) in [4.78, 5) is 28.2. The molecule has 8 nitrogen and oxygen atoms in total. The Morgan fingerprint density at radius 2 is 1.96 bits per heavy atom.